The van der Waals surface area contributed by atoms with Crippen molar-refractivity contribution >= 4 is 0 Å². The van der Waals surface area contributed by atoms with E-state index >= 15 is 0 Å². The third-order valence-corrected chi connectivity index (χ3v) is 6.84. The number of allylic oxidation sites excluding steroid dienone is 4. The Morgan fingerprint density at radius 2 is 2.21 bits per heavy atom. The molecule has 4 rings (SSSR count). The van der Waals surface area contributed by atoms with Crippen LogP contribution >= 0.6 is 0 Å². The molecule has 0 amide bonds. The second-order valence-corrected chi connectivity index (χ2v) is 8.76. The van der Waals surface area contributed by atoms with Crippen molar-refractivity contribution in [2.24, 2.45) is 17.6 Å². The molecule has 0 spiro atoms. The third kappa shape index (κ3) is 4.73. The Labute approximate surface area is 170 Å². The van der Waals surface area contributed by atoms with E-state index in [1.807, 2.05) is 6.20 Å². The Bertz CT molecular complexity index is 683. The molecular formula is C24H36N4. The number of aromatic nitrogens is 1. The number of unbranched alkanes of at least 4 members (excludes halogenated alkanes) is 1. The molecular weight excluding hydrogens is 344 g/mol. The molecule has 0 saturated carbocycles. The van der Waals surface area contributed by atoms with Crippen LogP contribution < -0.4 is 11.1 Å². The Hall–Kier alpha value is -1.49. The van der Waals surface area contributed by atoms with Crippen LogP contribution in [0.25, 0.3) is 0 Å². The number of aryl methyl sites for hydroxylation is 1. The van der Waals surface area contributed by atoms with Crippen LogP contribution in [0.1, 0.15) is 55.8 Å². The Kier molecular flexibility index (Phi) is 6.95. The van der Waals surface area contributed by atoms with Crippen molar-refractivity contribution < 1.29 is 0 Å². The average molecular weight is 381 g/mol. The molecule has 3 N–H and O–H groups in total. The average Bonchev–Trinajstić information content (AvgIpc) is 3.22. The maximum absolute atomic E-state index is 5.78. The second-order valence-electron chi connectivity index (χ2n) is 8.76. The topological polar surface area (TPSA) is 54.2 Å². The summed E-state index contributed by atoms with van der Waals surface area (Å²) in [5.74, 6) is 1.49. The molecule has 1 aromatic heterocycles. The van der Waals surface area contributed by atoms with Gasteiger partial charge in [0, 0.05) is 18.8 Å². The van der Waals surface area contributed by atoms with Crippen molar-refractivity contribution in [3.05, 3.63) is 53.9 Å². The Morgan fingerprint density at radius 1 is 1.25 bits per heavy atom. The van der Waals surface area contributed by atoms with E-state index in [2.05, 4.69) is 46.7 Å². The molecule has 1 aromatic rings. The summed E-state index contributed by atoms with van der Waals surface area (Å²) in [4.78, 5) is 7.53. The lowest BCUT2D eigenvalue weighted by atomic mass is 9.85. The molecule has 1 aliphatic heterocycles. The minimum absolute atomic E-state index is 0.473. The number of hydrogen-bond acceptors (Lipinski definition) is 4. The lowest BCUT2D eigenvalue weighted by molar-refractivity contribution is 0.156. The smallest absolute Gasteiger partial charge is 0.0607 e. The highest BCUT2D eigenvalue weighted by atomic mass is 15.2. The molecule has 1 fully saturated rings. The van der Waals surface area contributed by atoms with Crippen LogP contribution in [0.15, 0.2) is 42.6 Å². The minimum Gasteiger partial charge on any atom is -0.330 e. The summed E-state index contributed by atoms with van der Waals surface area (Å²) >= 11 is 0. The van der Waals surface area contributed by atoms with Crippen molar-refractivity contribution in [3.8, 4) is 0 Å². The molecule has 0 bridgehead atoms. The van der Waals surface area contributed by atoms with Crippen molar-refractivity contribution in [1.82, 2.24) is 15.2 Å². The number of hydrogen-bond donors (Lipinski definition) is 2. The Balaban J connectivity index is 1.42. The van der Waals surface area contributed by atoms with Gasteiger partial charge in [0.05, 0.1) is 11.7 Å². The molecule has 0 aromatic carbocycles. The van der Waals surface area contributed by atoms with Gasteiger partial charge in [0.2, 0.25) is 0 Å². The second kappa shape index (κ2) is 9.82. The van der Waals surface area contributed by atoms with E-state index in [-0.39, 0.29) is 0 Å². The van der Waals surface area contributed by atoms with Gasteiger partial charge in [0.1, 0.15) is 0 Å². The molecule has 2 unspecified atom stereocenters. The van der Waals surface area contributed by atoms with Crippen LogP contribution in [0.5, 0.6) is 0 Å². The van der Waals surface area contributed by atoms with E-state index < -0.39 is 0 Å². The fourth-order valence-corrected chi connectivity index (χ4v) is 5.32. The van der Waals surface area contributed by atoms with Gasteiger partial charge in [0.25, 0.3) is 0 Å². The highest BCUT2D eigenvalue weighted by Crippen LogP contribution is 2.34. The monoisotopic (exact) mass is 380 g/mol. The zero-order valence-electron chi connectivity index (χ0n) is 17.1. The van der Waals surface area contributed by atoms with E-state index in [0.717, 1.165) is 38.5 Å². The lowest BCUT2D eigenvalue weighted by Crippen LogP contribution is -2.41. The maximum atomic E-state index is 5.78. The van der Waals surface area contributed by atoms with Gasteiger partial charge in [0.15, 0.2) is 0 Å². The zero-order valence-corrected chi connectivity index (χ0v) is 17.1. The normalized spacial score (nSPS) is 29.4. The van der Waals surface area contributed by atoms with E-state index in [4.69, 9.17) is 10.7 Å². The van der Waals surface area contributed by atoms with Crippen LogP contribution in [0.2, 0.25) is 0 Å². The molecule has 2 heterocycles. The molecule has 4 nitrogen and oxygen atoms in total. The number of nitrogens with one attached hydrogen (secondary N) is 1. The van der Waals surface area contributed by atoms with Gasteiger partial charge < -0.3 is 11.1 Å². The highest BCUT2D eigenvalue weighted by molar-refractivity contribution is 5.25. The predicted molar refractivity (Wildman–Crippen MR) is 116 cm³/mol. The third-order valence-electron chi connectivity index (χ3n) is 6.84. The molecule has 4 heteroatoms. The molecule has 152 valence electrons. The summed E-state index contributed by atoms with van der Waals surface area (Å²) in [7, 11) is 0. The van der Waals surface area contributed by atoms with E-state index in [1.165, 1.54) is 49.8 Å². The molecule has 28 heavy (non-hydrogen) atoms. The number of fused-ring (bicyclic) bond motifs is 1. The van der Waals surface area contributed by atoms with Crippen LogP contribution in [0.4, 0.5) is 0 Å². The van der Waals surface area contributed by atoms with Gasteiger partial charge in [-0.3, -0.25) is 9.88 Å². The van der Waals surface area contributed by atoms with Crippen LogP contribution in [-0.2, 0) is 6.42 Å². The molecule has 1 saturated heterocycles. The number of nitrogens with zero attached hydrogens (tertiary/aromatic N) is 2. The van der Waals surface area contributed by atoms with Gasteiger partial charge in [-0.25, -0.2) is 0 Å². The van der Waals surface area contributed by atoms with Gasteiger partial charge in [-0.2, -0.15) is 0 Å². The van der Waals surface area contributed by atoms with Crippen molar-refractivity contribution in [2.45, 2.75) is 57.0 Å². The number of nitrogens with two attached hydrogens (primary N) is 1. The first-order valence-corrected chi connectivity index (χ1v) is 11.3. The SMILES string of the molecule is NCCCCN(C[C@@H]1CC(C2C=CC=CC2)CN1)[C@H]1CCCc2cccnc21. The van der Waals surface area contributed by atoms with Gasteiger partial charge in [-0.1, -0.05) is 30.4 Å². The summed E-state index contributed by atoms with van der Waals surface area (Å²) in [5.41, 5.74) is 8.57. The maximum Gasteiger partial charge on any atom is 0.0607 e. The molecule has 2 aliphatic carbocycles. The zero-order chi connectivity index (χ0) is 19.2. The lowest BCUT2D eigenvalue weighted by Gasteiger charge is -2.36. The van der Waals surface area contributed by atoms with Gasteiger partial charge in [-0.05, 0) is 88.0 Å². The summed E-state index contributed by atoms with van der Waals surface area (Å²) in [5, 5.41) is 3.84. The van der Waals surface area contributed by atoms with Gasteiger partial charge in [-0.15, -0.1) is 0 Å². The van der Waals surface area contributed by atoms with Crippen molar-refractivity contribution in [3.63, 3.8) is 0 Å². The fraction of sp³-hybridized carbons (Fsp3) is 0.625. The first-order chi connectivity index (χ1) is 13.8. The first-order valence-electron chi connectivity index (χ1n) is 11.3. The summed E-state index contributed by atoms with van der Waals surface area (Å²) in [6.45, 7) is 4.21. The van der Waals surface area contributed by atoms with Crippen molar-refractivity contribution in [1.29, 1.82) is 0 Å². The van der Waals surface area contributed by atoms with Crippen LogP contribution in [0, 0.1) is 11.8 Å². The van der Waals surface area contributed by atoms with E-state index in [1.54, 1.807) is 0 Å². The predicted octanol–water partition coefficient (Wildman–Crippen LogP) is 3.61. The Morgan fingerprint density at radius 3 is 3.07 bits per heavy atom. The minimum atomic E-state index is 0.473. The van der Waals surface area contributed by atoms with E-state index in [0.29, 0.717) is 18.0 Å². The highest BCUT2D eigenvalue weighted by Gasteiger charge is 2.33. The summed E-state index contributed by atoms with van der Waals surface area (Å²) in [6.07, 6.45) is 19.6. The van der Waals surface area contributed by atoms with Crippen LogP contribution in [0.3, 0.4) is 0 Å². The molecule has 0 radical (unpaired) electrons. The number of rotatable bonds is 8. The molecule has 4 atom stereocenters. The quantitative estimate of drug-likeness (QED) is 0.677. The molecule has 3 aliphatic rings. The van der Waals surface area contributed by atoms with Crippen LogP contribution in [-0.4, -0.2) is 42.1 Å². The summed E-state index contributed by atoms with van der Waals surface area (Å²) < 4.78 is 0. The number of pyridine rings is 1. The van der Waals surface area contributed by atoms with Crippen molar-refractivity contribution in [2.75, 3.05) is 26.2 Å². The van der Waals surface area contributed by atoms with E-state index in [9.17, 15) is 0 Å². The largest absolute Gasteiger partial charge is 0.330 e. The van der Waals surface area contributed by atoms with Gasteiger partial charge >= 0.3 is 0 Å². The standard InChI is InChI=1S/C24H36N4/c25-13-4-5-15-28(23-12-6-10-20-11-7-14-26-24(20)23)18-22-16-21(17-27-22)19-8-2-1-3-9-19/h1-3,7-8,11,14,19,21-23,27H,4-6,9-10,12-13,15-18,25H2/t19?,21?,22-,23-/m0/s1. The fourth-order valence-electron chi connectivity index (χ4n) is 5.32. The first kappa shape index (κ1) is 19.8. The summed E-state index contributed by atoms with van der Waals surface area (Å²) in [6, 6.07) is 5.44.